The number of nitrogen functional groups attached to an aromatic ring is 1. The first-order valence-electron chi connectivity index (χ1n) is 5.70. The van der Waals surface area contributed by atoms with Crippen LogP contribution in [-0.4, -0.2) is 32.2 Å². The fraction of sp³-hybridized carbons (Fsp3) is 0.333. The third-order valence-corrected chi connectivity index (χ3v) is 3.18. The molecule has 3 N–H and O–H groups in total. The molecule has 2 aliphatic rings. The van der Waals surface area contributed by atoms with Crippen LogP contribution in [-0.2, 0) is 24.8 Å². The highest BCUT2D eigenvalue weighted by atomic mass is 16.7. The number of nitrogens with one attached hydrogen (secondary N) is 1. The summed E-state index contributed by atoms with van der Waals surface area (Å²) in [6, 6.07) is 2.94. The summed E-state index contributed by atoms with van der Waals surface area (Å²) in [5, 5.41) is 2.62. The lowest BCUT2D eigenvalue weighted by atomic mass is 10.0. The lowest BCUT2D eigenvalue weighted by Gasteiger charge is -2.19. The Morgan fingerprint density at radius 2 is 2.11 bits per heavy atom. The average Bonchev–Trinajstić information content (AvgIpc) is 2.99. The zero-order valence-corrected chi connectivity index (χ0v) is 10.2. The van der Waals surface area contributed by atoms with E-state index in [0.29, 0.717) is 24.5 Å². The summed E-state index contributed by atoms with van der Waals surface area (Å²) >= 11 is 0. The quantitative estimate of drug-likeness (QED) is 0.555. The van der Waals surface area contributed by atoms with Gasteiger partial charge in [0.15, 0.2) is 0 Å². The van der Waals surface area contributed by atoms with Gasteiger partial charge in [-0.2, -0.15) is 0 Å². The first-order valence-corrected chi connectivity index (χ1v) is 5.70. The van der Waals surface area contributed by atoms with Crippen molar-refractivity contribution in [2.24, 2.45) is 0 Å². The molecular weight excluding hydrogens is 252 g/mol. The summed E-state index contributed by atoms with van der Waals surface area (Å²) in [7, 11) is 1.27. The standard InChI is InChI=1S/C12H12N2O5/c1-17-10(15)6-4-7-9(8(13)5-6)14-11(16)12(7)18-2-3-19-12/h4-5H,2-3,13H2,1H3,(H,14,16). The molecule has 0 aromatic heterocycles. The van der Waals surface area contributed by atoms with Gasteiger partial charge >= 0.3 is 5.97 Å². The van der Waals surface area contributed by atoms with E-state index in [9.17, 15) is 9.59 Å². The Morgan fingerprint density at radius 1 is 1.42 bits per heavy atom. The summed E-state index contributed by atoms with van der Waals surface area (Å²) < 4.78 is 15.5. The van der Waals surface area contributed by atoms with Crippen LogP contribution in [0.3, 0.4) is 0 Å². The number of hydrogen-bond donors (Lipinski definition) is 2. The summed E-state index contributed by atoms with van der Waals surface area (Å²) in [4.78, 5) is 23.6. The Bertz CT molecular complexity index is 578. The molecule has 1 fully saturated rings. The van der Waals surface area contributed by atoms with Crippen molar-refractivity contribution in [3.05, 3.63) is 23.3 Å². The first kappa shape index (κ1) is 11.9. The number of ether oxygens (including phenoxy) is 3. The van der Waals surface area contributed by atoms with Crippen LogP contribution in [0.1, 0.15) is 15.9 Å². The zero-order chi connectivity index (χ0) is 13.6. The van der Waals surface area contributed by atoms with Gasteiger partial charge in [-0.05, 0) is 12.1 Å². The predicted molar refractivity (Wildman–Crippen MR) is 64.4 cm³/mol. The van der Waals surface area contributed by atoms with E-state index in [1.807, 2.05) is 0 Å². The highest BCUT2D eigenvalue weighted by Crippen LogP contribution is 2.45. The van der Waals surface area contributed by atoms with Crippen LogP contribution in [0, 0.1) is 0 Å². The molecule has 0 bridgehead atoms. The number of benzene rings is 1. The van der Waals surface area contributed by atoms with Gasteiger partial charge < -0.3 is 25.3 Å². The molecule has 1 spiro atoms. The molecule has 1 aromatic carbocycles. The van der Waals surface area contributed by atoms with Gasteiger partial charge in [-0.1, -0.05) is 0 Å². The molecule has 7 heteroatoms. The largest absolute Gasteiger partial charge is 0.465 e. The zero-order valence-electron chi connectivity index (χ0n) is 10.2. The summed E-state index contributed by atoms with van der Waals surface area (Å²) in [5.41, 5.74) is 7.18. The van der Waals surface area contributed by atoms with Crippen LogP contribution in [0.5, 0.6) is 0 Å². The lowest BCUT2D eigenvalue weighted by molar-refractivity contribution is -0.178. The van der Waals surface area contributed by atoms with Crippen LogP contribution in [0.4, 0.5) is 11.4 Å². The van der Waals surface area contributed by atoms with Crippen molar-refractivity contribution in [3.63, 3.8) is 0 Å². The van der Waals surface area contributed by atoms with Gasteiger partial charge in [0.25, 0.3) is 11.7 Å². The van der Waals surface area contributed by atoms with Crippen LogP contribution in [0.25, 0.3) is 0 Å². The molecule has 3 rings (SSSR count). The Labute approximate surface area is 108 Å². The smallest absolute Gasteiger partial charge is 0.337 e. The minimum absolute atomic E-state index is 0.244. The lowest BCUT2D eigenvalue weighted by Crippen LogP contribution is -2.35. The van der Waals surface area contributed by atoms with E-state index in [0.717, 1.165) is 0 Å². The Balaban J connectivity index is 2.17. The number of nitrogens with two attached hydrogens (primary N) is 1. The van der Waals surface area contributed by atoms with E-state index in [2.05, 4.69) is 10.1 Å². The van der Waals surface area contributed by atoms with Crippen molar-refractivity contribution in [1.29, 1.82) is 0 Å². The minimum Gasteiger partial charge on any atom is -0.465 e. The molecule has 1 saturated heterocycles. The van der Waals surface area contributed by atoms with E-state index in [1.54, 1.807) is 0 Å². The SMILES string of the molecule is COC(=O)c1cc(N)c2c(c1)C1(OCCO1)C(=O)N2. The van der Waals surface area contributed by atoms with Gasteiger partial charge in [0, 0.05) is 5.56 Å². The molecule has 19 heavy (non-hydrogen) atoms. The molecule has 0 atom stereocenters. The molecule has 0 aliphatic carbocycles. The number of carbonyl (C=O) groups is 2. The third kappa shape index (κ3) is 1.52. The molecule has 100 valence electrons. The van der Waals surface area contributed by atoms with E-state index >= 15 is 0 Å². The highest BCUT2D eigenvalue weighted by Gasteiger charge is 2.53. The molecule has 7 nitrogen and oxygen atoms in total. The number of esters is 1. The van der Waals surface area contributed by atoms with Crippen molar-refractivity contribution >= 4 is 23.3 Å². The molecule has 1 amide bonds. The van der Waals surface area contributed by atoms with Crippen molar-refractivity contribution in [2.45, 2.75) is 5.79 Å². The first-order chi connectivity index (χ1) is 9.08. The van der Waals surface area contributed by atoms with Crippen molar-refractivity contribution < 1.29 is 23.8 Å². The molecule has 2 heterocycles. The topological polar surface area (TPSA) is 99.9 Å². The second-order valence-electron chi connectivity index (χ2n) is 4.25. The minimum atomic E-state index is -1.49. The fourth-order valence-electron chi connectivity index (χ4n) is 2.32. The Kier molecular flexibility index (Phi) is 2.48. The van der Waals surface area contributed by atoms with Gasteiger partial charge in [-0.3, -0.25) is 4.79 Å². The number of methoxy groups -OCH3 is 1. The number of fused-ring (bicyclic) bond motifs is 2. The van der Waals surface area contributed by atoms with Crippen LogP contribution in [0.15, 0.2) is 12.1 Å². The van der Waals surface area contributed by atoms with Crippen LogP contribution in [0.2, 0.25) is 0 Å². The number of carbonyl (C=O) groups excluding carboxylic acids is 2. The van der Waals surface area contributed by atoms with E-state index < -0.39 is 17.7 Å². The van der Waals surface area contributed by atoms with Gasteiger partial charge in [0.05, 0.1) is 37.3 Å². The van der Waals surface area contributed by atoms with Gasteiger partial charge in [-0.15, -0.1) is 0 Å². The molecule has 0 radical (unpaired) electrons. The van der Waals surface area contributed by atoms with Crippen LogP contribution < -0.4 is 11.1 Å². The van der Waals surface area contributed by atoms with Gasteiger partial charge in [0.1, 0.15) is 0 Å². The summed E-state index contributed by atoms with van der Waals surface area (Å²) in [5.74, 6) is -2.47. The maximum absolute atomic E-state index is 12.0. The highest BCUT2D eigenvalue weighted by molar-refractivity contribution is 6.08. The van der Waals surface area contributed by atoms with Gasteiger partial charge in [-0.25, -0.2) is 4.79 Å². The predicted octanol–water partition coefficient (Wildman–Crippen LogP) is 0.207. The second-order valence-corrected chi connectivity index (χ2v) is 4.25. The van der Waals surface area contributed by atoms with Gasteiger partial charge in [0.2, 0.25) is 0 Å². The number of rotatable bonds is 1. The Morgan fingerprint density at radius 3 is 2.74 bits per heavy atom. The monoisotopic (exact) mass is 264 g/mol. The molecule has 0 saturated carbocycles. The Hall–Kier alpha value is -2.12. The average molecular weight is 264 g/mol. The summed E-state index contributed by atoms with van der Waals surface area (Å²) in [6.45, 7) is 0.602. The van der Waals surface area contributed by atoms with E-state index in [4.69, 9.17) is 15.2 Å². The normalized spacial score (nSPS) is 19.3. The molecule has 2 aliphatic heterocycles. The van der Waals surface area contributed by atoms with Crippen molar-refractivity contribution in [1.82, 2.24) is 0 Å². The van der Waals surface area contributed by atoms with E-state index in [1.165, 1.54) is 19.2 Å². The second kappa shape index (κ2) is 3.94. The third-order valence-electron chi connectivity index (χ3n) is 3.18. The molecular formula is C12H12N2O5. The molecule has 1 aromatic rings. The number of anilines is 2. The van der Waals surface area contributed by atoms with E-state index in [-0.39, 0.29) is 11.3 Å². The maximum Gasteiger partial charge on any atom is 0.337 e. The summed E-state index contributed by atoms with van der Waals surface area (Å²) in [6.07, 6.45) is 0. The number of amides is 1. The van der Waals surface area contributed by atoms with Crippen LogP contribution >= 0.6 is 0 Å². The van der Waals surface area contributed by atoms with Crippen molar-refractivity contribution in [2.75, 3.05) is 31.4 Å². The van der Waals surface area contributed by atoms with Crippen molar-refractivity contribution in [3.8, 4) is 0 Å². The molecule has 0 unspecified atom stereocenters. The number of hydrogen-bond acceptors (Lipinski definition) is 6. The fourth-order valence-corrected chi connectivity index (χ4v) is 2.32. The maximum atomic E-state index is 12.0.